The van der Waals surface area contributed by atoms with Gasteiger partial charge in [-0.25, -0.2) is 4.98 Å². The lowest BCUT2D eigenvalue weighted by Gasteiger charge is -2.21. The Morgan fingerprint density at radius 2 is 1.74 bits per heavy atom. The van der Waals surface area contributed by atoms with Crippen LogP contribution in [0.25, 0.3) is 10.8 Å². The minimum atomic E-state index is -0.263. The Labute approximate surface area is 181 Å². The van der Waals surface area contributed by atoms with E-state index in [0.29, 0.717) is 22.8 Å². The molecule has 1 amide bonds. The Morgan fingerprint density at radius 3 is 2.52 bits per heavy atom. The van der Waals surface area contributed by atoms with Crippen LogP contribution in [0, 0.1) is 0 Å². The summed E-state index contributed by atoms with van der Waals surface area (Å²) in [6.45, 7) is 6.31. The number of amides is 1. The highest BCUT2D eigenvalue weighted by Gasteiger charge is 2.18. The number of nitrogen functional groups attached to an aromatic ring is 1. The summed E-state index contributed by atoms with van der Waals surface area (Å²) < 4.78 is 0. The molecule has 0 bridgehead atoms. The van der Waals surface area contributed by atoms with Crippen LogP contribution in [-0.4, -0.2) is 15.9 Å². The molecule has 2 aromatic heterocycles. The summed E-state index contributed by atoms with van der Waals surface area (Å²) in [6, 6.07) is 17.0. The first-order valence-electron chi connectivity index (χ1n) is 10.1. The van der Waals surface area contributed by atoms with Gasteiger partial charge in [-0.05, 0) is 58.8 Å². The summed E-state index contributed by atoms with van der Waals surface area (Å²) in [5.41, 5.74) is 9.75. The van der Waals surface area contributed by atoms with Crippen molar-refractivity contribution >= 4 is 39.6 Å². The van der Waals surface area contributed by atoms with Crippen LogP contribution in [0.2, 0.25) is 0 Å². The Morgan fingerprint density at radius 1 is 0.935 bits per heavy atom. The molecule has 0 aliphatic rings. The molecular weight excluding hydrogens is 386 g/mol. The zero-order valence-corrected chi connectivity index (χ0v) is 17.8. The number of anilines is 4. The van der Waals surface area contributed by atoms with Crippen LogP contribution >= 0.6 is 0 Å². The van der Waals surface area contributed by atoms with Crippen LogP contribution in [0.4, 0.5) is 22.9 Å². The molecule has 0 radical (unpaired) electrons. The molecule has 0 fully saturated rings. The summed E-state index contributed by atoms with van der Waals surface area (Å²) >= 11 is 0. The van der Waals surface area contributed by atoms with Crippen molar-refractivity contribution in [3.63, 3.8) is 0 Å². The average Bonchev–Trinajstić information content (AvgIpc) is 2.73. The van der Waals surface area contributed by atoms with Crippen molar-refractivity contribution in [1.82, 2.24) is 9.97 Å². The predicted octanol–water partition coefficient (Wildman–Crippen LogP) is 5.51. The fraction of sp³-hybridized carbons (Fsp3) is 0.160. The van der Waals surface area contributed by atoms with Gasteiger partial charge in [0, 0.05) is 41.0 Å². The number of aromatic nitrogens is 2. The van der Waals surface area contributed by atoms with Crippen LogP contribution < -0.4 is 16.4 Å². The van der Waals surface area contributed by atoms with Crippen molar-refractivity contribution in [3.05, 3.63) is 84.3 Å². The summed E-state index contributed by atoms with van der Waals surface area (Å²) in [6.07, 6.45) is 5.22. The number of nitrogens with one attached hydrogen (secondary N) is 2. The number of nitrogens with two attached hydrogens (primary N) is 1. The van der Waals surface area contributed by atoms with E-state index >= 15 is 0 Å². The average molecular weight is 412 g/mol. The third-order valence-electron chi connectivity index (χ3n) is 5.07. The first-order chi connectivity index (χ1) is 14.8. The molecule has 0 saturated carbocycles. The number of benzene rings is 2. The number of carbonyl (C=O) groups excluding carboxylic acids is 1. The normalized spacial score (nSPS) is 11.3. The van der Waals surface area contributed by atoms with Crippen molar-refractivity contribution in [2.45, 2.75) is 26.2 Å². The quantitative estimate of drug-likeness (QED) is 0.385. The first-order valence-corrected chi connectivity index (χ1v) is 10.1. The molecule has 4 aromatic rings. The van der Waals surface area contributed by atoms with Crippen molar-refractivity contribution in [2.24, 2.45) is 0 Å². The van der Waals surface area contributed by atoms with E-state index in [9.17, 15) is 4.79 Å². The number of pyridine rings is 2. The maximum atomic E-state index is 13.0. The lowest BCUT2D eigenvalue weighted by Crippen LogP contribution is -2.17. The molecule has 4 N–H and O–H groups in total. The Balaban J connectivity index is 1.57. The number of nitrogens with zero attached hydrogens (tertiary/aromatic N) is 2. The molecule has 2 aromatic carbocycles. The van der Waals surface area contributed by atoms with E-state index in [-0.39, 0.29) is 11.3 Å². The summed E-state index contributed by atoms with van der Waals surface area (Å²) in [4.78, 5) is 21.5. The SMILES string of the molecule is CC(C)(C)c1ccc(NC(=O)c2cccnc2Nc2ccc3ccncc3c2)cc1N. The summed E-state index contributed by atoms with van der Waals surface area (Å²) in [5.74, 6) is 0.212. The molecule has 0 aliphatic carbocycles. The smallest absolute Gasteiger partial charge is 0.259 e. The molecule has 0 aliphatic heterocycles. The van der Waals surface area contributed by atoms with E-state index in [4.69, 9.17) is 5.73 Å². The predicted molar refractivity (Wildman–Crippen MR) is 127 cm³/mol. The summed E-state index contributed by atoms with van der Waals surface area (Å²) in [5, 5.41) is 8.27. The highest BCUT2D eigenvalue weighted by Crippen LogP contribution is 2.30. The maximum Gasteiger partial charge on any atom is 0.259 e. The Hall–Kier alpha value is -3.93. The van der Waals surface area contributed by atoms with Crippen LogP contribution in [0.15, 0.2) is 73.2 Å². The molecular formula is C25H25N5O. The summed E-state index contributed by atoms with van der Waals surface area (Å²) in [7, 11) is 0. The van der Waals surface area contributed by atoms with Gasteiger partial charge in [0.1, 0.15) is 5.82 Å². The second-order valence-electron chi connectivity index (χ2n) is 8.47. The third kappa shape index (κ3) is 4.48. The zero-order valence-electron chi connectivity index (χ0n) is 17.8. The highest BCUT2D eigenvalue weighted by molar-refractivity contribution is 6.08. The number of hydrogen-bond donors (Lipinski definition) is 3. The standard InChI is InChI=1S/C25H25N5O/c1-25(2,3)21-9-8-19(14-22(21)26)30-24(31)20-5-4-11-28-23(20)29-18-7-6-16-10-12-27-15-17(16)13-18/h4-15H,26H2,1-3H3,(H,28,29)(H,30,31). The van der Waals surface area contributed by atoms with Gasteiger partial charge in [0.15, 0.2) is 0 Å². The van der Waals surface area contributed by atoms with Crippen LogP contribution in [0.5, 0.6) is 0 Å². The van der Waals surface area contributed by atoms with Gasteiger partial charge in [-0.3, -0.25) is 9.78 Å². The van der Waals surface area contributed by atoms with Crippen molar-refractivity contribution in [2.75, 3.05) is 16.4 Å². The van der Waals surface area contributed by atoms with Gasteiger partial charge in [0.2, 0.25) is 0 Å². The number of fused-ring (bicyclic) bond motifs is 1. The van der Waals surface area contributed by atoms with E-state index in [2.05, 4.69) is 41.4 Å². The maximum absolute atomic E-state index is 13.0. The number of carbonyl (C=O) groups is 1. The van der Waals surface area contributed by atoms with E-state index in [1.54, 1.807) is 36.8 Å². The molecule has 2 heterocycles. The molecule has 4 rings (SSSR count). The van der Waals surface area contributed by atoms with Crippen LogP contribution in [0.3, 0.4) is 0 Å². The van der Waals surface area contributed by atoms with Crippen LogP contribution in [-0.2, 0) is 5.41 Å². The minimum Gasteiger partial charge on any atom is -0.398 e. The second kappa shape index (κ2) is 8.07. The van der Waals surface area contributed by atoms with E-state index in [0.717, 1.165) is 22.0 Å². The Bertz CT molecular complexity index is 1260. The van der Waals surface area contributed by atoms with E-state index in [1.807, 2.05) is 36.4 Å². The van der Waals surface area contributed by atoms with E-state index in [1.165, 1.54) is 0 Å². The van der Waals surface area contributed by atoms with Crippen molar-refractivity contribution in [1.29, 1.82) is 0 Å². The van der Waals surface area contributed by atoms with Crippen molar-refractivity contribution < 1.29 is 4.79 Å². The van der Waals surface area contributed by atoms with Gasteiger partial charge in [0.25, 0.3) is 5.91 Å². The molecule has 0 saturated heterocycles. The molecule has 6 heteroatoms. The van der Waals surface area contributed by atoms with Gasteiger partial charge in [0.05, 0.1) is 5.56 Å². The van der Waals surface area contributed by atoms with Gasteiger partial charge in [-0.2, -0.15) is 0 Å². The van der Waals surface area contributed by atoms with Gasteiger partial charge in [-0.15, -0.1) is 0 Å². The molecule has 156 valence electrons. The lowest BCUT2D eigenvalue weighted by molar-refractivity contribution is 0.102. The largest absolute Gasteiger partial charge is 0.398 e. The first kappa shape index (κ1) is 20.3. The number of rotatable bonds is 4. The monoisotopic (exact) mass is 411 g/mol. The van der Waals surface area contributed by atoms with Gasteiger partial charge < -0.3 is 16.4 Å². The van der Waals surface area contributed by atoms with Crippen molar-refractivity contribution in [3.8, 4) is 0 Å². The molecule has 0 unspecified atom stereocenters. The molecule has 0 spiro atoms. The van der Waals surface area contributed by atoms with Crippen LogP contribution in [0.1, 0.15) is 36.7 Å². The van der Waals surface area contributed by atoms with Gasteiger partial charge in [-0.1, -0.05) is 32.9 Å². The number of hydrogen-bond acceptors (Lipinski definition) is 5. The zero-order chi connectivity index (χ0) is 22.0. The molecule has 0 atom stereocenters. The fourth-order valence-corrected chi connectivity index (χ4v) is 3.51. The second-order valence-corrected chi connectivity index (χ2v) is 8.47. The van der Waals surface area contributed by atoms with Gasteiger partial charge >= 0.3 is 0 Å². The lowest BCUT2D eigenvalue weighted by atomic mass is 9.86. The fourth-order valence-electron chi connectivity index (χ4n) is 3.51. The topological polar surface area (TPSA) is 92.9 Å². The minimum absolute atomic E-state index is 0.0670. The highest BCUT2D eigenvalue weighted by atomic mass is 16.1. The molecule has 6 nitrogen and oxygen atoms in total. The Kier molecular flexibility index (Phi) is 5.29. The van der Waals surface area contributed by atoms with E-state index < -0.39 is 0 Å². The third-order valence-corrected chi connectivity index (χ3v) is 5.07. The molecule has 31 heavy (non-hydrogen) atoms.